The van der Waals surface area contributed by atoms with Gasteiger partial charge in [0.25, 0.3) is 5.91 Å². The molecule has 0 spiro atoms. The number of fused-ring (bicyclic) bond motifs is 1. The second-order valence-electron chi connectivity index (χ2n) is 4.99. The monoisotopic (exact) mass is 313 g/mol. The molecule has 0 aromatic heterocycles. The van der Waals surface area contributed by atoms with Gasteiger partial charge in [0.2, 0.25) is 6.79 Å². The predicted molar refractivity (Wildman–Crippen MR) is 83.1 cm³/mol. The number of amides is 1. The molecule has 1 heterocycles. The number of rotatable bonds is 5. The van der Waals surface area contributed by atoms with Crippen LogP contribution in [0.25, 0.3) is 0 Å². The van der Waals surface area contributed by atoms with Crippen LogP contribution in [0.1, 0.15) is 17.3 Å². The number of hydrogen-bond acceptors (Lipinski definition) is 5. The molecule has 3 rings (SSSR count). The number of Topliss-reactive ketones (excluding diaryl/α,β-unsaturated/α-hetero) is 1. The largest absolute Gasteiger partial charge is 0.484 e. The molecule has 6 heteroatoms. The number of nitrogens with one attached hydrogen (secondary N) is 1. The van der Waals surface area contributed by atoms with Crippen LogP contribution in [0.2, 0.25) is 0 Å². The van der Waals surface area contributed by atoms with Gasteiger partial charge in [0.05, 0.1) is 0 Å². The number of anilines is 1. The maximum Gasteiger partial charge on any atom is 0.262 e. The lowest BCUT2D eigenvalue weighted by Gasteiger charge is -2.08. The van der Waals surface area contributed by atoms with E-state index in [1.165, 1.54) is 6.92 Å². The van der Waals surface area contributed by atoms with Gasteiger partial charge in [-0.05, 0) is 31.2 Å². The summed E-state index contributed by atoms with van der Waals surface area (Å²) in [6.07, 6.45) is 0. The van der Waals surface area contributed by atoms with Gasteiger partial charge in [-0.3, -0.25) is 9.59 Å². The van der Waals surface area contributed by atoms with Crippen molar-refractivity contribution in [3.63, 3.8) is 0 Å². The minimum atomic E-state index is -0.308. The lowest BCUT2D eigenvalue weighted by atomic mass is 10.1. The van der Waals surface area contributed by atoms with E-state index >= 15 is 0 Å². The molecular weight excluding hydrogens is 298 g/mol. The Balaban J connectivity index is 1.57. The maximum atomic E-state index is 11.9. The first-order chi connectivity index (χ1) is 11.1. The Morgan fingerprint density at radius 1 is 1.13 bits per heavy atom. The molecule has 23 heavy (non-hydrogen) atoms. The van der Waals surface area contributed by atoms with Crippen molar-refractivity contribution in [3.05, 3.63) is 48.0 Å². The van der Waals surface area contributed by atoms with Crippen molar-refractivity contribution in [2.75, 3.05) is 18.7 Å². The summed E-state index contributed by atoms with van der Waals surface area (Å²) < 4.78 is 15.9. The van der Waals surface area contributed by atoms with Crippen molar-refractivity contribution in [1.82, 2.24) is 0 Å². The minimum absolute atomic E-state index is 0.0553. The maximum absolute atomic E-state index is 11.9. The van der Waals surface area contributed by atoms with Crippen LogP contribution in [-0.4, -0.2) is 25.1 Å². The predicted octanol–water partition coefficient (Wildman–Crippen LogP) is 2.64. The summed E-state index contributed by atoms with van der Waals surface area (Å²) in [5.74, 6) is 1.36. The Kier molecular flexibility index (Phi) is 4.14. The summed E-state index contributed by atoms with van der Waals surface area (Å²) >= 11 is 0. The van der Waals surface area contributed by atoms with Gasteiger partial charge in [0.1, 0.15) is 5.75 Å². The van der Waals surface area contributed by atoms with Crippen LogP contribution in [0.3, 0.4) is 0 Å². The smallest absolute Gasteiger partial charge is 0.262 e. The first kappa shape index (κ1) is 14.9. The van der Waals surface area contributed by atoms with Crippen LogP contribution in [0.5, 0.6) is 17.2 Å². The van der Waals surface area contributed by atoms with Crippen molar-refractivity contribution in [2.24, 2.45) is 0 Å². The molecule has 0 saturated carbocycles. The highest BCUT2D eigenvalue weighted by atomic mass is 16.7. The molecule has 1 N–H and O–H groups in total. The van der Waals surface area contributed by atoms with Crippen molar-refractivity contribution in [3.8, 4) is 17.2 Å². The van der Waals surface area contributed by atoms with E-state index in [0.29, 0.717) is 28.5 Å². The molecule has 0 bridgehead atoms. The summed E-state index contributed by atoms with van der Waals surface area (Å²) in [7, 11) is 0. The number of carbonyl (C=O) groups excluding carboxylic acids is 2. The van der Waals surface area contributed by atoms with Gasteiger partial charge < -0.3 is 19.5 Å². The van der Waals surface area contributed by atoms with Gasteiger partial charge in [-0.2, -0.15) is 0 Å². The fourth-order valence-corrected chi connectivity index (χ4v) is 2.13. The van der Waals surface area contributed by atoms with Crippen LogP contribution < -0.4 is 19.5 Å². The summed E-state index contributed by atoms with van der Waals surface area (Å²) in [4.78, 5) is 23.2. The third-order valence-electron chi connectivity index (χ3n) is 3.27. The fourth-order valence-electron chi connectivity index (χ4n) is 2.13. The number of ketones is 1. The van der Waals surface area contributed by atoms with Crippen LogP contribution in [0.15, 0.2) is 42.5 Å². The van der Waals surface area contributed by atoms with Crippen molar-refractivity contribution >= 4 is 17.4 Å². The highest BCUT2D eigenvalue weighted by Crippen LogP contribution is 2.34. The fraction of sp³-hybridized carbons (Fsp3) is 0.176. The standard InChI is InChI=1S/C17H15NO5/c1-11(19)12-3-2-4-14(7-12)21-9-17(20)18-13-5-6-15-16(8-13)23-10-22-15/h2-8H,9-10H2,1H3,(H,18,20). The average molecular weight is 313 g/mol. The van der Waals surface area contributed by atoms with Gasteiger partial charge >= 0.3 is 0 Å². The summed E-state index contributed by atoms with van der Waals surface area (Å²) in [6.45, 7) is 1.50. The Bertz CT molecular complexity index is 756. The molecule has 0 unspecified atom stereocenters. The molecule has 6 nitrogen and oxygen atoms in total. The molecule has 0 aliphatic carbocycles. The molecule has 2 aromatic rings. The van der Waals surface area contributed by atoms with Crippen LogP contribution >= 0.6 is 0 Å². The van der Waals surface area contributed by atoms with E-state index in [2.05, 4.69) is 5.32 Å². The van der Waals surface area contributed by atoms with E-state index in [-0.39, 0.29) is 25.1 Å². The number of benzene rings is 2. The molecule has 0 fully saturated rings. The first-order valence-corrected chi connectivity index (χ1v) is 7.05. The summed E-state index contributed by atoms with van der Waals surface area (Å²) in [5.41, 5.74) is 1.14. The number of carbonyl (C=O) groups is 2. The van der Waals surface area contributed by atoms with E-state index in [4.69, 9.17) is 14.2 Å². The lowest BCUT2D eigenvalue weighted by molar-refractivity contribution is -0.118. The van der Waals surface area contributed by atoms with Gasteiger partial charge in [0.15, 0.2) is 23.9 Å². The highest BCUT2D eigenvalue weighted by Gasteiger charge is 2.14. The van der Waals surface area contributed by atoms with Crippen molar-refractivity contribution < 1.29 is 23.8 Å². The van der Waals surface area contributed by atoms with Crippen LogP contribution in [0.4, 0.5) is 5.69 Å². The molecule has 0 radical (unpaired) electrons. The average Bonchev–Trinajstić information content (AvgIpc) is 3.01. The molecule has 2 aromatic carbocycles. The Morgan fingerprint density at radius 3 is 2.78 bits per heavy atom. The second-order valence-corrected chi connectivity index (χ2v) is 4.99. The Morgan fingerprint density at radius 2 is 1.96 bits per heavy atom. The van der Waals surface area contributed by atoms with E-state index in [0.717, 1.165) is 0 Å². The molecule has 0 saturated heterocycles. The third-order valence-corrected chi connectivity index (χ3v) is 3.27. The Labute approximate surface area is 133 Å². The van der Waals surface area contributed by atoms with Crippen molar-refractivity contribution in [2.45, 2.75) is 6.92 Å². The summed E-state index contributed by atoms with van der Waals surface area (Å²) in [6, 6.07) is 11.9. The first-order valence-electron chi connectivity index (χ1n) is 7.05. The van der Waals surface area contributed by atoms with Crippen LogP contribution in [-0.2, 0) is 4.79 Å². The topological polar surface area (TPSA) is 73.9 Å². The second kappa shape index (κ2) is 6.39. The van der Waals surface area contributed by atoms with Gasteiger partial charge in [-0.25, -0.2) is 0 Å². The van der Waals surface area contributed by atoms with Gasteiger partial charge in [-0.1, -0.05) is 12.1 Å². The normalized spacial score (nSPS) is 11.9. The van der Waals surface area contributed by atoms with Gasteiger partial charge in [-0.15, -0.1) is 0 Å². The zero-order valence-corrected chi connectivity index (χ0v) is 12.5. The highest BCUT2D eigenvalue weighted by molar-refractivity contribution is 5.94. The zero-order chi connectivity index (χ0) is 16.2. The molecule has 118 valence electrons. The molecule has 1 amide bonds. The molecular formula is C17H15NO5. The summed E-state index contributed by atoms with van der Waals surface area (Å²) in [5, 5.41) is 2.71. The van der Waals surface area contributed by atoms with Crippen LogP contribution in [0, 0.1) is 0 Å². The SMILES string of the molecule is CC(=O)c1cccc(OCC(=O)Nc2ccc3c(c2)OCO3)c1. The van der Waals surface area contributed by atoms with E-state index < -0.39 is 0 Å². The van der Waals surface area contributed by atoms with Gasteiger partial charge in [0, 0.05) is 17.3 Å². The molecule has 1 aliphatic heterocycles. The Hall–Kier alpha value is -3.02. The van der Waals surface area contributed by atoms with E-state index in [1.54, 1.807) is 42.5 Å². The molecule has 0 atom stereocenters. The molecule has 1 aliphatic rings. The van der Waals surface area contributed by atoms with Crippen molar-refractivity contribution in [1.29, 1.82) is 0 Å². The third kappa shape index (κ3) is 3.60. The quantitative estimate of drug-likeness (QED) is 0.859. The number of ether oxygens (including phenoxy) is 3. The minimum Gasteiger partial charge on any atom is -0.484 e. The van der Waals surface area contributed by atoms with E-state index in [1.807, 2.05) is 0 Å². The van der Waals surface area contributed by atoms with E-state index in [9.17, 15) is 9.59 Å². The number of hydrogen-bond donors (Lipinski definition) is 1. The zero-order valence-electron chi connectivity index (χ0n) is 12.5. The lowest BCUT2D eigenvalue weighted by Crippen LogP contribution is -2.20.